The van der Waals surface area contributed by atoms with Crippen molar-refractivity contribution in [2.75, 3.05) is 13.7 Å². The Bertz CT molecular complexity index is 213. The SMILES string of the molecule is COC1CC(OCC(=O)OC(C)(C)C)C1. The first kappa shape index (κ1) is 12.5. The van der Waals surface area contributed by atoms with Gasteiger partial charge in [-0.1, -0.05) is 0 Å². The lowest BCUT2D eigenvalue weighted by Crippen LogP contribution is -2.38. The van der Waals surface area contributed by atoms with Crippen molar-refractivity contribution in [2.24, 2.45) is 0 Å². The predicted octanol–water partition coefficient (Wildman–Crippen LogP) is 1.52. The molecule has 88 valence electrons. The molecule has 0 spiro atoms. The molecule has 0 aliphatic heterocycles. The summed E-state index contributed by atoms with van der Waals surface area (Å²) in [6, 6.07) is 0. The van der Waals surface area contributed by atoms with Crippen LogP contribution in [0.3, 0.4) is 0 Å². The lowest BCUT2D eigenvalue weighted by Gasteiger charge is -2.33. The monoisotopic (exact) mass is 216 g/mol. The number of ether oxygens (including phenoxy) is 3. The normalized spacial score (nSPS) is 25.9. The fraction of sp³-hybridized carbons (Fsp3) is 0.909. The summed E-state index contributed by atoms with van der Waals surface area (Å²) in [7, 11) is 1.69. The standard InChI is InChI=1S/C11H20O4/c1-11(2,3)15-10(12)7-14-9-5-8(6-9)13-4/h8-9H,5-7H2,1-4H3. The van der Waals surface area contributed by atoms with Crippen LogP contribution in [0.5, 0.6) is 0 Å². The first-order chi connectivity index (χ1) is 6.90. The van der Waals surface area contributed by atoms with E-state index >= 15 is 0 Å². The van der Waals surface area contributed by atoms with E-state index in [1.165, 1.54) is 0 Å². The second-order valence-electron chi connectivity index (χ2n) is 4.85. The molecule has 1 rings (SSSR count). The second-order valence-corrected chi connectivity index (χ2v) is 4.85. The number of hydrogen-bond donors (Lipinski definition) is 0. The van der Waals surface area contributed by atoms with Crippen molar-refractivity contribution in [3.05, 3.63) is 0 Å². The largest absolute Gasteiger partial charge is 0.458 e. The zero-order valence-electron chi connectivity index (χ0n) is 9.91. The number of carbonyl (C=O) groups is 1. The Morgan fingerprint density at radius 2 is 1.87 bits per heavy atom. The number of esters is 1. The highest BCUT2D eigenvalue weighted by molar-refractivity contribution is 5.71. The van der Waals surface area contributed by atoms with Gasteiger partial charge in [0.1, 0.15) is 12.2 Å². The molecule has 0 amide bonds. The molecule has 0 unspecified atom stereocenters. The molecule has 0 aromatic rings. The third-order valence-electron chi connectivity index (χ3n) is 2.24. The summed E-state index contributed by atoms with van der Waals surface area (Å²) in [5, 5.41) is 0. The third-order valence-corrected chi connectivity index (χ3v) is 2.24. The van der Waals surface area contributed by atoms with Crippen molar-refractivity contribution in [2.45, 2.75) is 51.4 Å². The van der Waals surface area contributed by atoms with Gasteiger partial charge in [0.25, 0.3) is 0 Å². The molecule has 0 heterocycles. The van der Waals surface area contributed by atoms with Crippen molar-refractivity contribution in [3.63, 3.8) is 0 Å². The Kier molecular flexibility index (Phi) is 4.11. The van der Waals surface area contributed by atoms with Crippen molar-refractivity contribution < 1.29 is 19.0 Å². The van der Waals surface area contributed by atoms with Gasteiger partial charge in [-0.15, -0.1) is 0 Å². The van der Waals surface area contributed by atoms with Gasteiger partial charge in [0.15, 0.2) is 0 Å². The van der Waals surface area contributed by atoms with Crippen LogP contribution in [-0.4, -0.2) is 37.5 Å². The number of hydrogen-bond acceptors (Lipinski definition) is 4. The first-order valence-corrected chi connectivity index (χ1v) is 5.27. The molecule has 0 bridgehead atoms. The Morgan fingerprint density at radius 1 is 1.27 bits per heavy atom. The quantitative estimate of drug-likeness (QED) is 0.668. The van der Waals surface area contributed by atoms with Crippen LogP contribution in [-0.2, 0) is 19.0 Å². The molecular weight excluding hydrogens is 196 g/mol. The molecule has 0 atom stereocenters. The molecule has 0 radical (unpaired) electrons. The van der Waals surface area contributed by atoms with Crippen LogP contribution in [0.25, 0.3) is 0 Å². The summed E-state index contributed by atoms with van der Waals surface area (Å²) >= 11 is 0. The van der Waals surface area contributed by atoms with Crippen LogP contribution in [0.15, 0.2) is 0 Å². The molecule has 1 aliphatic rings. The van der Waals surface area contributed by atoms with Crippen LogP contribution >= 0.6 is 0 Å². The summed E-state index contributed by atoms with van der Waals surface area (Å²) in [5.41, 5.74) is -0.435. The lowest BCUT2D eigenvalue weighted by atomic mass is 9.92. The van der Waals surface area contributed by atoms with Crippen molar-refractivity contribution in [1.29, 1.82) is 0 Å². The summed E-state index contributed by atoms with van der Waals surface area (Å²) in [4.78, 5) is 11.3. The molecule has 1 fully saturated rings. The molecular formula is C11H20O4. The van der Waals surface area contributed by atoms with E-state index in [0.717, 1.165) is 12.8 Å². The average Bonchev–Trinajstić information content (AvgIpc) is 1.98. The van der Waals surface area contributed by atoms with Gasteiger partial charge >= 0.3 is 5.97 Å². The van der Waals surface area contributed by atoms with Gasteiger partial charge in [0.05, 0.1) is 12.2 Å². The van der Waals surface area contributed by atoms with Gasteiger partial charge in [-0.3, -0.25) is 0 Å². The van der Waals surface area contributed by atoms with E-state index in [1.807, 2.05) is 20.8 Å². The first-order valence-electron chi connectivity index (χ1n) is 5.27. The van der Waals surface area contributed by atoms with E-state index in [0.29, 0.717) is 6.10 Å². The number of methoxy groups -OCH3 is 1. The van der Waals surface area contributed by atoms with Crippen LogP contribution in [0.1, 0.15) is 33.6 Å². The highest BCUT2D eigenvalue weighted by atomic mass is 16.6. The average molecular weight is 216 g/mol. The number of carbonyl (C=O) groups excluding carboxylic acids is 1. The van der Waals surface area contributed by atoms with E-state index in [4.69, 9.17) is 14.2 Å². The Labute approximate surface area is 90.9 Å². The second kappa shape index (κ2) is 4.94. The van der Waals surface area contributed by atoms with Crippen LogP contribution in [0.2, 0.25) is 0 Å². The fourth-order valence-corrected chi connectivity index (χ4v) is 1.40. The zero-order valence-corrected chi connectivity index (χ0v) is 9.91. The van der Waals surface area contributed by atoms with E-state index < -0.39 is 5.60 Å². The predicted molar refractivity (Wildman–Crippen MR) is 55.6 cm³/mol. The minimum absolute atomic E-state index is 0.0401. The van der Waals surface area contributed by atoms with E-state index in [-0.39, 0.29) is 18.7 Å². The van der Waals surface area contributed by atoms with Crippen molar-refractivity contribution in [3.8, 4) is 0 Å². The Balaban J connectivity index is 2.08. The van der Waals surface area contributed by atoms with E-state index in [1.54, 1.807) is 7.11 Å². The molecule has 0 aromatic heterocycles. The van der Waals surface area contributed by atoms with Crippen LogP contribution in [0.4, 0.5) is 0 Å². The lowest BCUT2D eigenvalue weighted by molar-refractivity contribution is -0.167. The van der Waals surface area contributed by atoms with Gasteiger partial charge in [0.2, 0.25) is 0 Å². The molecule has 15 heavy (non-hydrogen) atoms. The molecule has 1 aliphatic carbocycles. The molecule has 1 saturated carbocycles. The summed E-state index contributed by atoms with van der Waals surface area (Å²) in [6.07, 6.45) is 2.20. The van der Waals surface area contributed by atoms with Gasteiger partial charge in [-0.05, 0) is 33.6 Å². The maximum atomic E-state index is 11.3. The summed E-state index contributed by atoms with van der Waals surface area (Å²) in [6.45, 7) is 5.57. The highest BCUT2D eigenvalue weighted by Crippen LogP contribution is 2.25. The topological polar surface area (TPSA) is 44.8 Å². The van der Waals surface area contributed by atoms with E-state index in [9.17, 15) is 4.79 Å². The van der Waals surface area contributed by atoms with Crippen molar-refractivity contribution in [1.82, 2.24) is 0 Å². The van der Waals surface area contributed by atoms with Gasteiger partial charge in [0, 0.05) is 7.11 Å². The maximum Gasteiger partial charge on any atom is 0.332 e. The molecule has 4 heteroatoms. The molecule has 0 aromatic carbocycles. The van der Waals surface area contributed by atoms with Gasteiger partial charge < -0.3 is 14.2 Å². The van der Waals surface area contributed by atoms with E-state index in [2.05, 4.69) is 0 Å². The summed E-state index contributed by atoms with van der Waals surface area (Å²) < 4.78 is 15.6. The fourth-order valence-electron chi connectivity index (χ4n) is 1.40. The highest BCUT2D eigenvalue weighted by Gasteiger charge is 2.30. The van der Waals surface area contributed by atoms with Gasteiger partial charge in [-0.2, -0.15) is 0 Å². The van der Waals surface area contributed by atoms with Crippen LogP contribution in [0, 0.1) is 0 Å². The Hall–Kier alpha value is -0.610. The minimum Gasteiger partial charge on any atom is -0.458 e. The molecule has 0 N–H and O–H groups in total. The molecule has 0 saturated heterocycles. The van der Waals surface area contributed by atoms with Gasteiger partial charge in [-0.25, -0.2) is 4.79 Å². The smallest absolute Gasteiger partial charge is 0.332 e. The summed E-state index contributed by atoms with van der Waals surface area (Å²) in [5.74, 6) is -0.302. The minimum atomic E-state index is -0.435. The zero-order chi connectivity index (χ0) is 11.5. The Morgan fingerprint density at radius 3 is 2.33 bits per heavy atom. The van der Waals surface area contributed by atoms with Crippen molar-refractivity contribution >= 4 is 5.97 Å². The van der Waals surface area contributed by atoms with Crippen LogP contribution < -0.4 is 0 Å². The maximum absolute atomic E-state index is 11.3. The third kappa shape index (κ3) is 4.62. The molecule has 4 nitrogen and oxygen atoms in total. The number of rotatable bonds is 4.